The van der Waals surface area contributed by atoms with E-state index in [1.807, 2.05) is 12.2 Å². The standard InChI is InChI=1S/C39H59I3N4O3/c1-8-10-12-13-15-20-33-39(3,36-32(44(33)25-11-9-2)30-31(40)37(41)38(36)42)23-17-14-16-21-34(47)43-24-18-26-45(4,5)27-19-28-46(6,7)29-22-35(48)49/h8,10,12-13,15,20,30H,1,9,11,14,16-19,21-29H2,2-7H3/p+2/b12-10+,15-13+,33-20-. The lowest BCUT2D eigenvalue weighted by atomic mass is 9.77. The molecule has 1 heterocycles. The number of allylic oxidation sites excluding steroid dienone is 7. The molecular formula is C39H61I3N4O3+2. The van der Waals surface area contributed by atoms with Crippen LogP contribution in [-0.2, 0) is 15.0 Å². The van der Waals surface area contributed by atoms with Crippen molar-refractivity contribution < 1.29 is 23.7 Å². The topological polar surface area (TPSA) is 69.6 Å². The zero-order chi connectivity index (χ0) is 36.7. The van der Waals surface area contributed by atoms with E-state index in [-0.39, 0.29) is 17.7 Å². The highest BCUT2D eigenvalue weighted by Gasteiger charge is 2.45. The van der Waals surface area contributed by atoms with E-state index >= 15 is 0 Å². The Kier molecular flexibility index (Phi) is 19.4. The zero-order valence-electron chi connectivity index (χ0n) is 30.8. The van der Waals surface area contributed by atoms with E-state index in [0.717, 1.165) is 86.5 Å². The molecule has 1 aromatic rings. The molecule has 1 unspecified atom stereocenters. The van der Waals surface area contributed by atoms with Crippen LogP contribution in [0.2, 0.25) is 0 Å². The largest absolute Gasteiger partial charge is 0.481 e. The lowest BCUT2D eigenvalue weighted by Crippen LogP contribution is -2.46. The van der Waals surface area contributed by atoms with Crippen LogP contribution >= 0.6 is 67.8 Å². The second-order valence-electron chi connectivity index (χ2n) is 14.8. The van der Waals surface area contributed by atoms with Gasteiger partial charge in [0.1, 0.15) is 0 Å². The summed E-state index contributed by atoms with van der Waals surface area (Å²) in [6, 6.07) is 2.38. The highest BCUT2D eigenvalue weighted by molar-refractivity contribution is 14.1. The minimum Gasteiger partial charge on any atom is -0.481 e. The predicted octanol–water partition coefficient (Wildman–Crippen LogP) is 9.03. The average Bonchev–Trinajstić information content (AvgIpc) is 3.25. The number of carbonyl (C=O) groups is 2. The van der Waals surface area contributed by atoms with Crippen molar-refractivity contribution in [2.24, 2.45) is 0 Å². The summed E-state index contributed by atoms with van der Waals surface area (Å²) in [5.41, 5.74) is 4.08. The minimum absolute atomic E-state index is 0.100. The van der Waals surface area contributed by atoms with E-state index in [2.05, 4.69) is 151 Å². The summed E-state index contributed by atoms with van der Waals surface area (Å²) in [5.74, 6) is -0.575. The van der Waals surface area contributed by atoms with Crippen LogP contribution < -0.4 is 10.2 Å². The Balaban J connectivity index is 1.92. The van der Waals surface area contributed by atoms with Crippen molar-refractivity contribution in [1.29, 1.82) is 0 Å². The lowest BCUT2D eigenvalue weighted by molar-refractivity contribution is -0.909. The molecule has 0 spiro atoms. The second kappa shape index (κ2) is 21.5. The number of fused-ring (bicyclic) bond motifs is 1. The number of amides is 1. The molecule has 1 aromatic carbocycles. The first kappa shape index (κ1) is 44.2. The summed E-state index contributed by atoms with van der Waals surface area (Å²) in [6.45, 7) is 13.9. The summed E-state index contributed by atoms with van der Waals surface area (Å²) >= 11 is 7.56. The first-order valence-corrected chi connectivity index (χ1v) is 21.1. The first-order valence-electron chi connectivity index (χ1n) is 17.8. The zero-order valence-corrected chi connectivity index (χ0v) is 37.3. The fraction of sp³-hybridized carbons (Fsp3) is 0.590. The highest BCUT2D eigenvalue weighted by atomic mass is 127. The molecule has 1 aliphatic heterocycles. The van der Waals surface area contributed by atoms with Gasteiger partial charge in [-0.2, -0.15) is 0 Å². The van der Waals surface area contributed by atoms with Gasteiger partial charge in [0.25, 0.3) is 0 Å². The van der Waals surface area contributed by atoms with Crippen LogP contribution in [0.1, 0.15) is 83.6 Å². The number of carboxylic acids is 1. The maximum atomic E-state index is 12.7. The summed E-state index contributed by atoms with van der Waals surface area (Å²) in [4.78, 5) is 26.2. The smallest absolute Gasteiger partial charge is 0.309 e. The molecule has 1 aliphatic rings. The van der Waals surface area contributed by atoms with Gasteiger partial charge in [-0.05, 0) is 106 Å². The number of carbonyl (C=O) groups excluding carboxylic acids is 1. The quantitative estimate of drug-likeness (QED) is 0.0378. The number of nitrogens with zero attached hydrogens (tertiary/aromatic N) is 3. The second-order valence-corrected chi connectivity index (χ2v) is 18.1. The third-order valence-corrected chi connectivity index (χ3v) is 14.7. The Morgan fingerprint density at radius 2 is 1.53 bits per heavy atom. The van der Waals surface area contributed by atoms with Crippen molar-refractivity contribution in [3.8, 4) is 0 Å². The van der Waals surface area contributed by atoms with Crippen molar-refractivity contribution in [3.05, 3.63) is 71.1 Å². The Hall–Kier alpha value is -0.970. The number of carboxylic acid groups (broad SMARTS) is 1. The van der Waals surface area contributed by atoms with Crippen LogP contribution in [0.15, 0.2) is 54.8 Å². The number of hydrogen-bond acceptors (Lipinski definition) is 3. The van der Waals surface area contributed by atoms with Gasteiger partial charge in [-0.3, -0.25) is 9.59 Å². The van der Waals surface area contributed by atoms with Crippen molar-refractivity contribution in [2.45, 2.75) is 83.5 Å². The fourth-order valence-electron chi connectivity index (χ4n) is 6.63. The molecule has 0 radical (unpaired) electrons. The SMILES string of the molecule is C=C/C=C/C=C/C=C1\N(CCCC)c2cc(I)c(I)c(I)c2C1(C)CCCCCC(=O)NCCC[N+](C)(C)CCC[N+](C)(C)CCC(=O)O. The van der Waals surface area contributed by atoms with Gasteiger partial charge in [0.05, 0.1) is 60.8 Å². The van der Waals surface area contributed by atoms with E-state index in [4.69, 9.17) is 5.11 Å². The Labute approximate surface area is 338 Å². The summed E-state index contributed by atoms with van der Waals surface area (Å²) in [5, 5.41) is 12.2. The van der Waals surface area contributed by atoms with Crippen LogP contribution in [0, 0.1) is 10.7 Å². The molecule has 10 heteroatoms. The van der Waals surface area contributed by atoms with Gasteiger partial charge in [-0.15, -0.1) is 0 Å². The third-order valence-electron chi connectivity index (χ3n) is 9.60. The van der Waals surface area contributed by atoms with Crippen molar-refractivity contribution in [2.75, 3.05) is 72.4 Å². The average molecular weight is 1010 g/mol. The van der Waals surface area contributed by atoms with Crippen molar-refractivity contribution >= 4 is 85.3 Å². The molecule has 49 heavy (non-hydrogen) atoms. The molecule has 2 rings (SSSR count). The Bertz CT molecular complexity index is 1360. The Morgan fingerprint density at radius 3 is 2.18 bits per heavy atom. The molecule has 2 N–H and O–H groups in total. The van der Waals surface area contributed by atoms with Gasteiger partial charge in [-0.1, -0.05) is 63.1 Å². The molecule has 7 nitrogen and oxygen atoms in total. The minimum atomic E-state index is -0.730. The van der Waals surface area contributed by atoms with Gasteiger partial charge in [0.15, 0.2) is 0 Å². The first-order chi connectivity index (χ1) is 23.1. The maximum absolute atomic E-state index is 12.7. The Morgan fingerprint density at radius 1 is 0.878 bits per heavy atom. The number of anilines is 1. The molecule has 1 atom stereocenters. The van der Waals surface area contributed by atoms with Gasteiger partial charge in [-0.25, -0.2) is 0 Å². The molecule has 0 bridgehead atoms. The monoisotopic (exact) mass is 1010 g/mol. The number of nitrogens with one attached hydrogen (secondary N) is 1. The van der Waals surface area contributed by atoms with E-state index in [9.17, 15) is 9.59 Å². The lowest BCUT2D eigenvalue weighted by Gasteiger charge is -2.33. The number of benzene rings is 1. The van der Waals surface area contributed by atoms with Crippen molar-refractivity contribution in [1.82, 2.24) is 5.32 Å². The number of unbranched alkanes of at least 4 members (excludes halogenated alkanes) is 3. The molecular weight excluding hydrogens is 953 g/mol. The summed E-state index contributed by atoms with van der Waals surface area (Å²) in [6.07, 6.45) is 21.5. The normalized spacial score (nSPS) is 17.4. The summed E-state index contributed by atoms with van der Waals surface area (Å²) < 4.78 is 5.63. The number of rotatable bonds is 23. The molecule has 0 aliphatic carbocycles. The van der Waals surface area contributed by atoms with Crippen LogP contribution in [-0.4, -0.2) is 93.4 Å². The van der Waals surface area contributed by atoms with Gasteiger partial charge in [0, 0.05) is 65.4 Å². The molecule has 0 saturated heterocycles. The molecule has 274 valence electrons. The number of quaternary nitrogens is 2. The number of hydrogen-bond donors (Lipinski definition) is 2. The number of halogens is 3. The van der Waals surface area contributed by atoms with E-state index in [0.29, 0.717) is 19.5 Å². The molecule has 0 aromatic heterocycles. The van der Waals surface area contributed by atoms with Crippen LogP contribution in [0.3, 0.4) is 0 Å². The van der Waals surface area contributed by atoms with E-state index in [1.54, 1.807) is 6.08 Å². The van der Waals surface area contributed by atoms with Crippen LogP contribution in [0.5, 0.6) is 0 Å². The van der Waals surface area contributed by atoms with Gasteiger partial charge < -0.3 is 24.3 Å². The number of aliphatic carboxylic acids is 1. The van der Waals surface area contributed by atoms with Gasteiger partial charge in [0.2, 0.25) is 5.91 Å². The van der Waals surface area contributed by atoms with Gasteiger partial charge >= 0.3 is 5.97 Å². The molecule has 1 amide bonds. The predicted molar refractivity (Wildman–Crippen MR) is 232 cm³/mol. The van der Waals surface area contributed by atoms with E-state index in [1.165, 1.54) is 27.7 Å². The fourth-order valence-corrected chi connectivity index (χ4v) is 9.29. The maximum Gasteiger partial charge on any atom is 0.309 e. The van der Waals surface area contributed by atoms with E-state index < -0.39 is 5.97 Å². The highest BCUT2D eigenvalue weighted by Crippen LogP contribution is 2.54. The summed E-state index contributed by atoms with van der Waals surface area (Å²) in [7, 11) is 8.69. The van der Waals surface area contributed by atoms with Crippen molar-refractivity contribution in [3.63, 3.8) is 0 Å². The van der Waals surface area contributed by atoms with Crippen LogP contribution in [0.4, 0.5) is 5.69 Å². The van der Waals surface area contributed by atoms with Crippen LogP contribution in [0.25, 0.3) is 0 Å². The molecule has 0 fully saturated rings. The molecule has 0 saturated carbocycles. The third kappa shape index (κ3) is 14.5.